The van der Waals surface area contributed by atoms with Gasteiger partial charge in [-0.3, -0.25) is 0 Å². The maximum Gasteiger partial charge on any atom is 0.244 e. The van der Waals surface area contributed by atoms with Crippen LogP contribution in [0.25, 0.3) is 0 Å². The number of hydrogen-bond donors (Lipinski definition) is 0. The lowest BCUT2D eigenvalue weighted by molar-refractivity contribution is 0.262. The van der Waals surface area contributed by atoms with E-state index in [0.717, 1.165) is 27.8 Å². The molecule has 0 aromatic heterocycles. The van der Waals surface area contributed by atoms with Gasteiger partial charge in [0.25, 0.3) is 0 Å². The Kier molecular flexibility index (Phi) is 7.42. The molecule has 35 heavy (non-hydrogen) atoms. The lowest BCUT2D eigenvalue weighted by Crippen LogP contribution is -2.41. The standard InChI is InChI=1S/C30H34BrNO2S/c1-21-6-10-23(11-7-21)28-19-14-25(20-31)29(24-12-15-26(16-13-24)30(3,4)5)32(28)35(33,34)27-17-8-22(2)9-18-27/h6-18,28-29H,19-20H2,1-5H3. The molecule has 0 radical (unpaired) electrons. The van der Waals surface area contributed by atoms with Gasteiger partial charge in [-0.1, -0.05) is 115 Å². The van der Waals surface area contributed by atoms with E-state index in [1.807, 2.05) is 26.0 Å². The molecule has 0 fully saturated rings. The number of halogens is 1. The maximum atomic E-state index is 14.3. The Labute approximate surface area is 219 Å². The van der Waals surface area contributed by atoms with E-state index in [0.29, 0.717) is 16.6 Å². The van der Waals surface area contributed by atoms with E-state index in [1.54, 1.807) is 16.4 Å². The van der Waals surface area contributed by atoms with Crippen LogP contribution in [0.4, 0.5) is 0 Å². The van der Waals surface area contributed by atoms with Crippen LogP contribution in [0, 0.1) is 13.8 Å². The number of alkyl halides is 1. The molecule has 0 amide bonds. The molecular weight excluding hydrogens is 518 g/mol. The van der Waals surface area contributed by atoms with Crippen LogP contribution >= 0.6 is 15.9 Å². The Balaban J connectivity index is 1.91. The van der Waals surface area contributed by atoms with E-state index in [4.69, 9.17) is 0 Å². The first kappa shape index (κ1) is 25.9. The van der Waals surface area contributed by atoms with Gasteiger partial charge in [0.05, 0.1) is 17.0 Å². The highest BCUT2D eigenvalue weighted by atomic mass is 79.9. The molecule has 184 valence electrons. The molecule has 3 nitrogen and oxygen atoms in total. The molecular formula is C30H34BrNO2S. The van der Waals surface area contributed by atoms with E-state index >= 15 is 0 Å². The van der Waals surface area contributed by atoms with Gasteiger partial charge < -0.3 is 0 Å². The molecule has 5 heteroatoms. The first-order chi connectivity index (χ1) is 16.5. The summed E-state index contributed by atoms with van der Waals surface area (Å²) in [4.78, 5) is 0.326. The van der Waals surface area contributed by atoms with Gasteiger partial charge in [0.1, 0.15) is 0 Å². The van der Waals surface area contributed by atoms with Gasteiger partial charge in [-0.25, -0.2) is 8.42 Å². The van der Waals surface area contributed by atoms with Crippen molar-refractivity contribution in [1.29, 1.82) is 0 Å². The van der Waals surface area contributed by atoms with Gasteiger partial charge in [-0.15, -0.1) is 0 Å². The number of sulfonamides is 1. The summed E-state index contributed by atoms with van der Waals surface area (Å²) < 4.78 is 30.3. The molecule has 1 heterocycles. The summed E-state index contributed by atoms with van der Waals surface area (Å²) in [7, 11) is -3.79. The molecule has 0 N–H and O–H groups in total. The lowest BCUT2D eigenvalue weighted by atomic mass is 9.85. The van der Waals surface area contributed by atoms with E-state index < -0.39 is 16.1 Å². The van der Waals surface area contributed by atoms with Crippen molar-refractivity contribution in [2.45, 2.75) is 63.4 Å². The van der Waals surface area contributed by atoms with Gasteiger partial charge in [-0.05, 0) is 60.1 Å². The smallest absolute Gasteiger partial charge is 0.207 e. The van der Waals surface area contributed by atoms with Gasteiger partial charge >= 0.3 is 0 Å². The number of nitrogens with zero attached hydrogens (tertiary/aromatic N) is 1. The summed E-state index contributed by atoms with van der Waals surface area (Å²) in [6, 6.07) is 23.2. The minimum atomic E-state index is -3.79. The van der Waals surface area contributed by atoms with Crippen molar-refractivity contribution in [1.82, 2.24) is 4.31 Å². The molecule has 2 atom stereocenters. The Morgan fingerprint density at radius 3 is 1.86 bits per heavy atom. The van der Waals surface area contributed by atoms with Crippen LogP contribution in [0.3, 0.4) is 0 Å². The first-order valence-electron chi connectivity index (χ1n) is 12.0. The minimum Gasteiger partial charge on any atom is -0.207 e. The Morgan fingerprint density at radius 2 is 1.34 bits per heavy atom. The third-order valence-electron chi connectivity index (χ3n) is 6.82. The second kappa shape index (κ2) is 10.0. The third kappa shape index (κ3) is 5.32. The number of benzene rings is 3. The third-order valence-corrected chi connectivity index (χ3v) is 9.36. The second-order valence-corrected chi connectivity index (χ2v) is 12.9. The van der Waals surface area contributed by atoms with E-state index in [2.05, 4.69) is 91.3 Å². The average molecular weight is 553 g/mol. The summed E-state index contributed by atoms with van der Waals surface area (Å²) >= 11 is 3.65. The van der Waals surface area contributed by atoms with Gasteiger partial charge in [0.2, 0.25) is 10.0 Å². The molecule has 4 rings (SSSR count). The van der Waals surface area contributed by atoms with Crippen molar-refractivity contribution in [3.05, 3.63) is 112 Å². The van der Waals surface area contributed by atoms with Crippen LogP contribution in [0.2, 0.25) is 0 Å². The van der Waals surface area contributed by atoms with Crippen LogP contribution in [0.15, 0.2) is 89.3 Å². The topological polar surface area (TPSA) is 37.4 Å². The van der Waals surface area contributed by atoms with Gasteiger partial charge in [0.15, 0.2) is 0 Å². The normalized spacial score (nSPS) is 19.4. The average Bonchev–Trinajstić information content (AvgIpc) is 2.83. The monoisotopic (exact) mass is 551 g/mol. The van der Waals surface area contributed by atoms with Gasteiger partial charge in [0, 0.05) is 5.33 Å². The van der Waals surface area contributed by atoms with Crippen molar-refractivity contribution in [3.8, 4) is 0 Å². The molecule has 2 unspecified atom stereocenters. The predicted molar refractivity (Wildman–Crippen MR) is 149 cm³/mol. The summed E-state index contributed by atoms with van der Waals surface area (Å²) in [5.74, 6) is 0. The van der Waals surface area contributed by atoms with Crippen molar-refractivity contribution in [2.24, 2.45) is 0 Å². The molecule has 1 aliphatic heterocycles. The van der Waals surface area contributed by atoms with Crippen LogP contribution in [-0.2, 0) is 15.4 Å². The number of aryl methyl sites for hydroxylation is 2. The quantitative estimate of drug-likeness (QED) is 0.239. The zero-order chi connectivity index (χ0) is 25.4. The van der Waals surface area contributed by atoms with E-state index in [-0.39, 0.29) is 11.5 Å². The van der Waals surface area contributed by atoms with Crippen LogP contribution in [0.1, 0.15) is 67.1 Å². The summed E-state index contributed by atoms with van der Waals surface area (Å²) in [5, 5.41) is 0.610. The van der Waals surface area contributed by atoms with Crippen molar-refractivity contribution < 1.29 is 8.42 Å². The van der Waals surface area contributed by atoms with E-state index in [9.17, 15) is 8.42 Å². The second-order valence-electron chi connectivity index (χ2n) is 10.5. The Bertz CT molecular complexity index is 1300. The van der Waals surface area contributed by atoms with Crippen LogP contribution in [-0.4, -0.2) is 18.1 Å². The van der Waals surface area contributed by atoms with Crippen molar-refractivity contribution in [2.75, 3.05) is 5.33 Å². The van der Waals surface area contributed by atoms with Crippen molar-refractivity contribution in [3.63, 3.8) is 0 Å². The number of rotatable bonds is 5. The molecule has 0 saturated heterocycles. The first-order valence-corrected chi connectivity index (χ1v) is 14.6. The molecule has 0 aliphatic carbocycles. The molecule has 0 bridgehead atoms. The molecule has 1 aliphatic rings. The fraction of sp³-hybridized carbons (Fsp3) is 0.333. The molecule has 0 spiro atoms. The van der Waals surface area contributed by atoms with Crippen molar-refractivity contribution >= 4 is 26.0 Å². The number of hydrogen-bond acceptors (Lipinski definition) is 2. The minimum absolute atomic E-state index is 0.0251. The summed E-state index contributed by atoms with van der Waals surface area (Å²) in [5.41, 5.74) is 6.49. The predicted octanol–water partition coefficient (Wildman–Crippen LogP) is 7.80. The summed E-state index contributed by atoms with van der Waals surface area (Å²) in [6.45, 7) is 10.6. The molecule has 0 saturated carbocycles. The maximum absolute atomic E-state index is 14.3. The highest BCUT2D eigenvalue weighted by Crippen LogP contribution is 2.46. The fourth-order valence-electron chi connectivity index (χ4n) is 4.69. The Morgan fingerprint density at radius 1 is 0.829 bits per heavy atom. The zero-order valence-corrected chi connectivity index (χ0v) is 23.5. The van der Waals surface area contributed by atoms with Crippen LogP contribution in [0.5, 0.6) is 0 Å². The highest BCUT2D eigenvalue weighted by molar-refractivity contribution is 9.09. The van der Waals surface area contributed by atoms with Gasteiger partial charge in [-0.2, -0.15) is 4.31 Å². The van der Waals surface area contributed by atoms with E-state index in [1.165, 1.54) is 5.56 Å². The molecule has 3 aromatic carbocycles. The highest BCUT2D eigenvalue weighted by Gasteiger charge is 2.42. The Hall–Kier alpha value is -2.21. The molecule has 3 aromatic rings. The summed E-state index contributed by atoms with van der Waals surface area (Å²) in [6.07, 6.45) is 2.84. The fourth-order valence-corrected chi connectivity index (χ4v) is 7.02. The van der Waals surface area contributed by atoms with Crippen LogP contribution < -0.4 is 0 Å². The SMILES string of the molecule is Cc1ccc(C2CC=C(CBr)C(c3ccc(C(C)(C)C)cc3)N2S(=O)(=O)c2ccc(C)cc2)cc1. The lowest BCUT2D eigenvalue weighted by Gasteiger charge is -2.41. The largest absolute Gasteiger partial charge is 0.244 e. The zero-order valence-electron chi connectivity index (χ0n) is 21.1.